The molecule has 0 saturated heterocycles. The maximum Gasteiger partial charge on any atom is 0.271 e. The molecule has 0 atom stereocenters. The van der Waals surface area contributed by atoms with Crippen molar-refractivity contribution in [3.05, 3.63) is 83.1 Å². The number of hydrazone groups is 1. The highest BCUT2D eigenvalue weighted by Crippen LogP contribution is 2.20. The minimum absolute atomic E-state index is 0.312. The van der Waals surface area contributed by atoms with Gasteiger partial charge in [0.05, 0.1) is 6.21 Å². The van der Waals surface area contributed by atoms with Crippen molar-refractivity contribution in [1.29, 1.82) is 0 Å². The standard InChI is InChI=1S/C18H13ClN2O2/c19-15-8-6-14(7-9-15)18(22)21-20-12-16-10-11-17(23-16)13-4-2-1-3-5-13/h1-12H,(H,21,22)/b20-12-. The third kappa shape index (κ3) is 3.87. The molecule has 1 amide bonds. The molecule has 1 N–H and O–H groups in total. The molecular weight excluding hydrogens is 312 g/mol. The molecule has 0 spiro atoms. The van der Waals surface area contributed by atoms with E-state index < -0.39 is 0 Å². The number of furan rings is 1. The molecule has 114 valence electrons. The molecule has 0 radical (unpaired) electrons. The van der Waals surface area contributed by atoms with Gasteiger partial charge in [-0.1, -0.05) is 41.9 Å². The Bertz CT molecular complexity index is 824. The van der Waals surface area contributed by atoms with Gasteiger partial charge in [0.2, 0.25) is 0 Å². The normalized spacial score (nSPS) is 10.8. The maximum absolute atomic E-state index is 11.9. The minimum atomic E-state index is -0.312. The molecule has 0 bridgehead atoms. The van der Waals surface area contributed by atoms with Gasteiger partial charge >= 0.3 is 0 Å². The van der Waals surface area contributed by atoms with Crippen LogP contribution in [0, 0.1) is 0 Å². The molecule has 0 unspecified atom stereocenters. The van der Waals surface area contributed by atoms with Crippen LogP contribution in [0.15, 0.2) is 76.2 Å². The molecule has 1 heterocycles. The van der Waals surface area contributed by atoms with Crippen molar-refractivity contribution in [2.24, 2.45) is 5.10 Å². The quantitative estimate of drug-likeness (QED) is 0.572. The number of rotatable bonds is 4. The zero-order valence-corrected chi connectivity index (χ0v) is 12.8. The lowest BCUT2D eigenvalue weighted by Crippen LogP contribution is -2.17. The summed E-state index contributed by atoms with van der Waals surface area (Å²) in [5.74, 6) is 0.990. The van der Waals surface area contributed by atoms with Crippen molar-refractivity contribution in [2.45, 2.75) is 0 Å². The van der Waals surface area contributed by atoms with E-state index in [1.165, 1.54) is 6.21 Å². The first-order valence-corrected chi connectivity index (χ1v) is 7.34. The van der Waals surface area contributed by atoms with Crippen LogP contribution in [0.4, 0.5) is 0 Å². The highest BCUT2D eigenvalue weighted by molar-refractivity contribution is 6.30. The van der Waals surface area contributed by atoms with Gasteiger partial charge in [0.25, 0.3) is 5.91 Å². The average Bonchev–Trinajstić information content (AvgIpc) is 3.05. The van der Waals surface area contributed by atoms with Gasteiger partial charge in [-0.3, -0.25) is 4.79 Å². The van der Waals surface area contributed by atoms with Crippen LogP contribution in [0.2, 0.25) is 5.02 Å². The van der Waals surface area contributed by atoms with Crippen LogP contribution >= 0.6 is 11.6 Å². The van der Waals surface area contributed by atoms with Gasteiger partial charge in [-0.15, -0.1) is 0 Å². The van der Waals surface area contributed by atoms with Crippen molar-refractivity contribution < 1.29 is 9.21 Å². The Balaban J connectivity index is 1.63. The van der Waals surface area contributed by atoms with Crippen LogP contribution in [0.1, 0.15) is 16.1 Å². The smallest absolute Gasteiger partial charge is 0.271 e. The van der Waals surface area contributed by atoms with Crippen molar-refractivity contribution in [1.82, 2.24) is 5.43 Å². The van der Waals surface area contributed by atoms with Crippen molar-refractivity contribution in [2.75, 3.05) is 0 Å². The van der Waals surface area contributed by atoms with E-state index in [9.17, 15) is 4.79 Å². The molecule has 3 rings (SSSR count). The molecule has 5 heteroatoms. The largest absolute Gasteiger partial charge is 0.455 e. The zero-order chi connectivity index (χ0) is 16.1. The second-order valence-electron chi connectivity index (χ2n) is 4.77. The summed E-state index contributed by atoms with van der Waals surface area (Å²) >= 11 is 5.78. The highest BCUT2D eigenvalue weighted by Gasteiger charge is 2.04. The van der Waals surface area contributed by atoms with Crippen LogP contribution in [0.25, 0.3) is 11.3 Å². The number of amides is 1. The van der Waals surface area contributed by atoms with Gasteiger partial charge in [-0.05, 0) is 36.4 Å². The molecule has 0 aliphatic heterocycles. The van der Waals surface area contributed by atoms with Crippen LogP contribution in [0.5, 0.6) is 0 Å². The molecule has 0 saturated carbocycles. The van der Waals surface area contributed by atoms with Crippen LogP contribution < -0.4 is 5.43 Å². The van der Waals surface area contributed by atoms with Gasteiger partial charge in [-0.25, -0.2) is 5.43 Å². The number of carbonyl (C=O) groups excluding carboxylic acids is 1. The number of hydrogen-bond donors (Lipinski definition) is 1. The summed E-state index contributed by atoms with van der Waals surface area (Å²) in [5, 5.41) is 4.47. The number of nitrogens with zero attached hydrogens (tertiary/aromatic N) is 1. The number of benzene rings is 2. The van der Waals surface area contributed by atoms with E-state index in [-0.39, 0.29) is 5.91 Å². The van der Waals surface area contributed by atoms with Gasteiger partial charge < -0.3 is 4.42 Å². The third-order valence-corrected chi connectivity index (χ3v) is 3.40. The molecule has 0 fully saturated rings. The Labute approximate surface area is 138 Å². The second kappa shape index (κ2) is 6.94. The minimum Gasteiger partial charge on any atom is -0.455 e. The lowest BCUT2D eigenvalue weighted by atomic mass is 10.2. The summed E-state index contributed by atoms with van der Waals surface area (Å²) in [6, 6.07) is 20.0. The fraction of sp³-hybridized carbons (Fsp3) is 0. The third-order valence-electron chi connectivity index (χ3n) is 3.15. The lowest BCUT2D eigenvalue weighted by Gasteiger charge is -1.99. The van der Waals surface area contributed by atoms with E-state index in [1.807, 2.05) is 36.4 Å². The van der Waals surface area contributed by atoms with E-state index in [2.05, 4.69) is 10.5 Å². The summed E-state index contributed by atoms with van der Waals surface area (Å²) in [6.07, 6.45) is 1.46. The molecule has 1 aromatic heterocycles. The van der Waals surface area contributed by atoms with Gasteiger partial charge in [0.15, 0.2) is 0 Å². The number of halogens is 1. The SMILES string of the molecule is O=C(N/N=C\c1ccc(-c2ccccc2)o1)c1ccc(Cl)cc1. The van der Waals surface area contributed by atoms with E-state index >= 15 is 0 Å². The van der Waals surface area contributed by atoms with Crippen molar-refractivity contribution >= 4 is 23.7 Å². The predicted octanol–water partition coefficient (Wildman–Crippen LogP) is 4.36. The fourth-order valence-electron chi connectivity index (χ4n) is 2.00. The summed E-state index contributed by atoms with van der Waals surface area (Å²) in [5.41, 5.74) is 3.91. The Kier molecular flexibility index (Phi) is 4.54. The van der Waals surface area contributed by atoms with Crippen molar-refractivity contribution in [3.63, 3.8) is 0 Å². The molecule has 23 heavy (non-hydrogen) atoms. The average molecular weight is 325 g/mol. The van der Waals surface area contributed by atoms with E-state index in [4.69, 9.17) is 16.0 Å². The summed E-state index contributed by atoms with van der Waals surface area (Å²) in [6.45, 7) is 0. The van der Waals surface area contributed by atoms with Gasteiger partial charge in [-0.2, -0.15) is 5.10 Å². The summed E-state index contributed by atoms with van der Waals surface area (Å²) in [4.78, 5) is 11.9. The molecule has 2 aromatic carbocycles. The Morgan fingerprint density at radius 2 is 1.74 bits per heavy atom. The molecule has 0 aliphatic rings. The predicted molar refractivity (Wildman–Crippen MR) is 90.7 cm³/mol. The Hall–Kier alpha value is -2.85. The fourth-order valence-corrected chi connectivity index (χ4v) is 2.13. The second-order valence-corrected chi connectivity index (χ2v) is 5.21. The van der Waals surface area contributed by atoms with E-state index in [0.29, 0.717) is 16.3 Å². The van der Waals surface area contributed by atoms with Crippen LogP contribution in [-0.2, 0) is 0 Å². The highest BCUT2D eigenvalue weighted by atomic mass is 35.5. The van der Waals surface area contributed by atoms with Crippen LogP contribution in [-0.4, -0.2) is 12.1 Å². The van der Waals surface area contributed by atoms with Crippen molar-refractivity contribution in [3.8, 4) is 11.3 Å². The Morgan fingerprint density at radius 3 is 2.48 bits per heavy atom. The first-order chi connectivity index (χ1) is 11.2. The first kappa shape index (κ1) is 15.1. The van der Waals surface area contributed by atoms with E-state index in [1.54, 1.807) is 30.3 Å². The van der Waals surface area contributed by atoms with Crippen LogP contribution in [0.3, 0.4) is 0 Å². The number of carbonyl (C=O) groups is 1. The lowest BCUT2D eigenvalue weighted by molar-refractivity contribution is 0.0955. The molecule has 4 nitrogen and oxygen atoms in total. The molecular formula is C18H13ClN2O2. The zero-order valence-electron chi connectivity index (χ0n) is 12.1. The summed E-state index contributed by atoms with van der Waals surface area (Å²) < 4.78 is 5.65. The maximum atomic E-state index is 11.9. The van der Waals surface area contributed by atoms with E-state index in [0.717, 1.165) is 11.3 Å². The number of nitrogens with one attached hydrogen (secondary N) is 1. The Morgan fingerprint density at radius 1 is 1.00 bits per heavy atom. The molecule has 0 aliphatic carbocycles. The topological polar surface area (TPSA) is 54.6 Å². The first-order valence-electron chi connectivity index (χ1n) is 6.96. The monoisotopic (exact) mass is 324 g/mol. The van der Waals surface area contributed by atoms with Gasteiger partial charge in [0.1, 0.15) is 11.5 Å². The summed E-state index contributed by atoms with van der Waals surface area (Å²) in [7, 11) is 0. The number of hydrogen-bond acceptors (Lipinski definition) is 3. The molecule has 3 aromatic rings. The van der Waals surface area contributed by atoms with Gasteiger partial charge in [0, 0.05) is 16.1 Å².